The molecule has 0 aromatic carbocycles. The molecule has 0 saturated carbocycles. The molecule has 0 aliphatic heterocycles. The van der Waals surface area contributed by atoms with E-state index in [1.807, 2.05) is 0 Å². The van der Waals surface area contributed by atoms with Gasteiger partial charge in [-0.25, -0.2) is 0 Å². The minimum Gasteiger partial charge on any atom is -0.480 e. The van der Waals surface area contributed by atoms with Crippen molar-refractivity contribution >= 4 is 11.9 Å². The first-order valence-electron chi connectivity index (χ1n) is 4.61. The summed E-state index contributed by atoms with van der Waals surface area (Å²) in [5, 5.41) is 26.1. The smallest absolute Gasteiger partial charge is 0.417 e. The van der Waals surface area contributed by atoms with Gasteiger partial charge in [-0.1, -0.05) is 0 Å². The van der Waals surface area contributed by atoms with Gasteiger partial charge in [0.15, 0.2) is 5.92 Å². The van der Waals surface area contributed by atoms with E-state index in [-0.39, 0.29) is 6.20 Å². The third kappa shape index (κ3) is 2.98. The molecule has 0 aliphatic rings. The van der Waals surface area contributed by atoms with Gasteiger partial charge in [0.05, 0.1) is 16.8 Å². The third-order valence-corrected chi connectivity index (χ3v) is 2.13. The van der Waals surface area contributed by atoms with Crippen molar-refractivity contribution in [1.29, 1.82) is 5.26 Å². The fourth-order valence-electron chi connectivity index (χ4n) is 1.29. The molecule has 2 N–H and O–H groups in total. The van der Waals surface area contributed by atoms with Gasteiger partial charge in [0.2, 0.25) is 0 Å². The molecule has 0 unspecified atom stereocenters. The maximum atomic E-state index is 12.4. The maximum absolute atomic E-state index is 12.4. The molecule has 0 aliphatic carbocycles. The van der Waals surface area contributed by atoms with Crippen LogP contribution in [0, 0.1) is 11.3 Å². The van der Waals surface area contributed by atoms with Crippen molar-refractivity contribution in [2.24, 2.45) is 0 Å². The van der Waals surface area contributed by atoms with E-state index in [0.29, 0.717) is 6.07 Å². The second-order valence-electron chi connectivity index (χ2n) is 3.38. The Morgan fingerprint density at radius 1 is 1.32 bits per heavy atom. The van der Waals surface area contributed by atoms with E-state index >= 15 is 0 Å². The van der Waals surface area contributed by atoms with Crippen molar-refractivity contribution in [1.82, 2.24) is 4.98 Å². The highest BCUT2D eigenvalue weighted by molar-refractivity contribution is 5.99. The number of nitriles is 1. The van der Waals surface area contributed by atoms with Gasteiger partial charge in [0, 0.05) is 6.20 Å². The Morgan fingerprint density at radius 3 is 2.21 bits per heavy atom. The first-order chi connectivity index (χ1) is 8.68. The molecule has 100 valence electrons. The minimum absolute atomic E-state index is 0.287. The van der Waals surface area contributed by atoms with E-state index in [0.717, 1.165) is 0 Å². The first-order valence-corrected chi connectivity index (χ1v) is 4.61. The molecule has 0 spiro atoms. The lowest BCUT2D eigenvalue weighted by Crippen LogP contribution is -2.23. The summed E-state index contributed by atoms with van der Waals surface area (Å²) in [6.07, 6.45) is -4.48. The Morgan fingerprint density at radius 2 is 1.84 bits per heavy atom. The average Bonchev–Trinajstić information content (AvgIpc) is 2.27. The second-order valence-corrected chi connectivity index (χ2v) is 3.38. The molecular formula is C10H5F3N2O4. The molecule has 1 aromatic rings. The van der Waals surface area contributed by atoms with Crippen molar-refractivity contribution in [2.75, 3.05) is 0 Å². The normalized spacial score (nSPS) is 11.1. The molecule has 9 heteroatoms. The number of hydrogen-bond donors (Lipinski definition) is 2. The maximum Gasteiger partial charge on any atom is 0.417 e. The number of carboxylic acids is 2. The van der Waals surface area contributed by atoms with Crippen LogP contribution in [-0.2, 0) is 15.8 Å². The summed E-state index contributed by atoms with van der Waals surface area (Å²) in [6, 6.07) is 1.67. The topological polar surface area (TPSA) is 111 Å². The number of pyridine rings is 1. The number of rotatable bonds is 3. The predicted molar refractivity (Wildman–Crippen MR) is 52.0 cm³/mol. The largest absolute Gasteiger partial charge is 0.480 e. The molecule has 6 nitrogen and oxygen atoms in total. The number of aromatic nitrogens is 1. The van der Waals surface area contributed by atoms with Gasteiger partial charge in [-0.3, -0.25) is 14.6 Å². The molecule has 0 atom stereocenters. The van der Waals surface area contributed by atoms with Crippen LogP contribution >= 0.6 is 0 Å². The summed E-state index contributed by atoms with van der Waals surface area (Å²) < 4.78 is 37.1. The van der Waals surface area contributed by atoms with E-state index in [1.165, 1.54) is 6.07 Å². The van der Waals surface area contributed by atoms with Gasteiger partial charge in [0.1, 0.15) is 6.07 Å². The molecule has 0 fully saturated rings. The van der Waals surface area contributed by atoms with E-state index in [4.69, 9.17) is 15.5 Å². The standard InChI is InChI=1S/C10H5F3N2O4/c11-10(12,13)5-1-4(2-14)7(15-3-5)6(8(16)17)9(18)19/h1,3,6H,(H,16,17)(H,18,19). The molecule has 1 aromatic heterocycles. The van der Waals surface area contributed by atoms with Crippen LogP contribution in [0.3, 0.4) is 0 Å². The SMILES string of the molecule is N#Cc1cc(C(F)(F)F)cnc1C(C(=O)O)C(=O)O. The van der Waals surface area contributed by atoms with E-state index in [1.54, 1.807) is 0 Å². The number of hydrogen-bond acceptors (Lipinski definition) is 4. The Labute approximate surface area is 103 Å². The molecule has 1 heterocycles. The molecule has 0 radical (unpaired) electrons. The van der Waals surface area contributed by atoms with E-state index in [2.05, 4.69) is 4.98 Å². The zero-order valence-corrected chi connectivity index (χ0v) is 8.97. The van der Waals surface area contributed by atoms with Gasteiger partial charge in [-0.15, -0.1) is 0 Å². The molecule has 1 rings (SSSR count). The van der Waals surface area contributed by atoms with Crippen LogP contribution in [0.5, 0.6) is 0 Å². The lowest BCUT2D eigenvalue weighted by molar-refractivity contribution is -0.150. The van der Waals surface area contributed by atoms with Crippen molar-refractivity contribution in [3.63, 3.8) is 0 Å². The van der Waals surface area contributed by atoms with Gasteiger partial charge in [0.25, 0.3) is 0 Å². The fraction of sp³-hybridized carbons (Fsp3) is 0.200. The zero-order chi connectivity index (χ0) is 14.8. The van der Waals surface area contributed by atoms with E-state index in [9.17, 15) is 22.8 Å². The van der Waals surface area contributed by atoms with E-state index < -0.39 is 40.9 Å². The summed E-state index contributed by atoms with van der Waals surface area (Å²) in [4.78, 5) is 24.6. The van der Waals surface area contributed by atoms with Gasteiger partial charge >= 0.3 is 18.1 Å². The summed E-state index contributed by atoms with van der Waals surface area (Å²) in [5.74, 6) is -5.84. The number of aliphatic carboxylic acids is 2. The van der Waals surface area contributed by atoms with Crippen LogP contribution < -0.4 is 0 Å². The van der Waals surface area contributed by atoms with Crippen LogP contribution in [0.25, 0.3) is 0 Å². The predicted octanol–water partition coefficient (Wildman–Crippen LogP) is 1.22. The first kappa shape index (κ1) is 14.4. The van der Waals surface area contributed by atoms with Gasteiger partial charge in [-0.2, -0.15) is 18.4 Å². The molecule has 0 amide bonds. The minimum atomic E-state index is -4.76. The fourth-order valence-corrected chi connectivity index (χ4v) is 1.29. The zero-order valence-electron chi connectivity index (χ0n) is 8.97. The van der Waals surface area contributed by atoms with Crippen LogP contribution in [0.2, 0.25) is 0 Å². The highest BCUT2D eigenvalue weighted by atomic mass is 19.4. The Hall–Kier alpha value is -2.63. The quantitative estimate of drug-likeness (QED) is 0.801. The number of nitrogens with zero attached hydrogens (tertiary/aromatic N) is 2. The number of carbonyl (C=O) groups is 2. The summed E-state index contributed by atoms with van der Waals surface area (Å²) in [5.41, 5.74) is -2.75. The van der Waals surface area contributed by atoms with Crippen LogP contribution in [0.4, 0.5) is 13.2 Å². The lowest BCUT2D eigenvalue weighted by Gasteiger charge is -2.11. The molecule has 19 heavy (non-hydrogen) atoms. The monoisotopic (exact) mass is 274 g/mol. The Kier molecular flexibility index (Phi) is 3.75. The summed E-state index contributed by atoms with van der Waals surface area (Å²) in [7, 11) is 0. The highest BCUT2D eigenvalue weighted by Gasteiger charge is 2.36. The molecule has 0 saturated heterocycles. The Balaban J connectivity index is 3.43. The number of carboxylic acid groups (broad SMARTS) is 2. The van der Waals surface area contributed by atoms with Gasteiger partial charge < -0.3 is 10.2 Å². The van der Waals surface area contributed by atoms with Crippen molar-refractivity contribution < 1.29 is 33.0 Å². The molecular weight excluding hydrogens is 269 g/mol. The van der Waals surface area contributed by atoms with Crippen LogP contribution in [-0.4, -0.2) is 27.1 Å². The van der Waals surface area contributed by atoms with Crippen molar-refractivity contribution in [3.8, 4) is 6.07 Å². The summed E-state index contributed by atoms with van der Waals surface area (Å²) >= 11 is 0. The average molecular weight is 274 g/mol. The van der Waals surface area contributed by atoms with Gasteiger partial charge in [-0.05, 0) is 6.07 Å². The summed E-state index contributed by atoms with van der Waals surface area (Å²) in [6.45, 7) is 0. The third-order valence-electron chi connectivity index (χ3n) is 2.13. The van der Waals surface area contributed by atoms with Crippen LogP contribution in [0.1, 0.15) is 22.7 Å². The second kappa shape index (κ2) is 4.93. The lowest BCUT2D eigenvalue weighted by atomic mass is 9.99. The van der Waals surface area contributed by atoms with Crippen molar-refractivity contribution in [3.05, 3.63) is 29.1 Å². The van der Waals surface area contributed by atoms with Crippen molar-refractivity contribution in [2.45, 2.75) is 12.1 Å². The number of alkyl halides is 3. The number of halogens is 3. The molecule has 0 bridgehead atoms. The van der Waals surface area contributed by atoms with Crippen LogP contribution in [0.15, 0.2) is 12.3 Å². The Bertz CT molecular complexity index is 563. The highest BCUT2D eigenvalue weighted by Crippen LogP contribution is 2.31.